The van der Waals surface area contributed by atoms with Crippen LogP contribution in [-0.4, -0.2) is 27.8 Å². The topological polar surface area (TPSA) is 57.0 Å². The van der Waals surface area contributed by atoms with Crippen molar-refractivity contribution in [2.24, 2.45) is 0 Å². The molecular weight excluding hydrogens is 393 g/mol. The number of rotatable bonds is 4. The van der Waals surface area contributed by atoms with Gasteiger partial charge in [-0.3, -0.25) is 9.67 Å². The largest absolute Gasteiger partial charge is 0.465 e. The highest BCUT2D eigenvalue weighted by Crippen LogP contribution is 2.31. The Balaban J connectivity index is 1.84. The van der Waals surface area contributed by atoms with Gasteiger partial charge in [0.2, 0.25) is 0 Å². The van der Waals surface area contributed by atoms with Crippen molar-refractivity contribution in [3.05, 3.63) is 82.4 Å². The van der Waals surface area contributed by atoms with Crippen molar-refractivity contribution < 1.29 is 13.9 Å². The number of hydrogen-bond donors (Lipinski definition) is 0. The average Bonchev–Trinajstić information content (AvgIpc) is 3.08. The summed E-state index contributed by atoms with van der Waals surface area (Å²) < 4.78 is 21.2. The summed E-state index contributed by atoms with van der Waals surface area (Å²) in [6, 6.07) is 11.7. The van der Waals surface area contributed by atoms with Crippen LogP contribution in [0.3, 0.4) is 0 Å². The average molecular weight is 410 g/mol. The maximum atomic E-state index is 14.8. The molecule has 4 rings (SSSR count). The molecule has 0 saturated heterocycles. The van der Waals surface area contributed by atoms with Crippen LogP contribution in [0.25, 0.3) is 22.2 Å². The third-order valence-corrected chi connectivity index (χ3v) is 5.21. The van der Waals surface area contributed by atoms with Gasteiger partial charge in [0, 0.05) is 22.2 Å². The minimum atomic E-state index is -0.593. The van der Waals surface area contributed by atoms with Gasteiger partial charge in [0.15, 0.2) is 0 Å². The first-order valence-electron chi connectivity index (χ1n) is 8.92. The van der Waals surface area contributed by atoms with Crippen LogP contribution < -0.4 is 0 Å². The number of halogens is 2. The van der Waals surface area contributed by atoms with E-state index in [2.05, 4.69) is 14.8 Å². The molecule has 0 aliphatic carbocycles. The van der Waals surface area contributed by atoms with Crippen LogP contribution in [-0.2, 0) is 11.3 Å². The molecule has 2 heterocycles. The third kappa shape index (κ3) is 3.47. The maximum Gasteiger partial charge on any atom is 0.337 e. The Morgan fingerprint density at radius 3 is 2.79 bits per heavy atom. The number of nitrogens with zero attached hydrogens (tertiary/aromatic N) is 3. The first-order chi connectivity index (χ1) is 14.0. The Hall–Kier alpha value is -3.25. The van der Waals surface area contributed by atoms with Gasteiger partial charge in [-0.05, 0) is 48.4 Å². The highest BCUT2D eigenvalue weighted by molar-refractivity contribution is 6.31. The lowest BCUT2D eigenvalue weighted by molar-refractivity contribution is 0.0600. The number of aromatic nitrogens is 3. The monoisotopic (exact) mass is 409 g/mol. The Morgan fingerprint density at radius 1 is 1.24 bits per heavy atom. The zero-order chi connectivity index (χ0) is 20.5. The van der Waals surface area contributed by atoms with Gasteiger partial charge in [-0.15, -0.1) is 0 Å². The van der Waals surface area contributed by atoms with Crippen molar-refractivity contribution in [3.63, 3.8) is 0 Å². The van der Waals surface area contributed by atoms with Gasteiger partial charge in [0.1, 0.15) is 11.5 Å². The number of esters is 1. The third-order valence-electron chi connectivity index (χ3n) is 4.86. The minimum Gasteiger partial charge on any atom is -0.465 e. The van der Waals surface area contributed by atoms with E-state index < -0.39 is 11.8 Å². The number of fused-ring (bicyclic) bond motifs is 1. The molecule has 4 aromatic rings. The lowest BCUT2D eigenvalue weighted by Gasteiger charge is -2.09. The standard InChI is InChI=1S/C22H17ClFN3O2/c1-13-4-3-5-18(23)17(13)12-27-20-11-25-9-8-16(20)21(26-27)15-7-6-14(10-19(15)24)22(28)29-2/h3-11H,12H2,1-2H3. The fraction of sp³-hybridized carbons (Fsp3) is 0.136. The second-order valence-electron chi connectivity index (χ2n) is 6.62. The van der Waals surface area contributed by atoms with E-state index in [0.29, 0.717) is 22.8 Å². The molecule has 0 unspecified atom stereocenters. The fourth-order valence-corrected chi connectivity index (χ4v) is 3.59. The molecule has 0 radical (unpaired) electrons. The van der Waals surface area contributed by atoms with Gasteiger partial charge in [-0.25, -0.2) is 9.18 Å². The van der Waals surface area contributed by atoms with E-state index in [1.165, 1.54) is 19.2 Å². The number of carbonyl (C=O) groups is 1. The van der Waals surface area contributed by atoms with Crippen molar-refractivity contribution in [3.8, 4) is 11.3 Å². The van der Waals surface area contributed by atoms with Crippen molar-refractivity contribution in [2.45, 2.75) is 13.5 Å². The smallest absolute Gasteiger partial charge is 0.337 e. The van der Waals surface area contributed by atoms with Gasteiger partial charge < -0.3 is 4.74 Å². The lowest BCUT2D eigenvalue weighted by Crippen LogP contribution is -2.05. The Bertz CT molecular complexity index is 1220. The van der Waals surface area contributed by atoms with Crippen molar-refractivity contribution in [2.75, 3.05) is 7.11 Å². The van der Waals surface area contributed by atoms with Crippen LogP contribution in [0.15, 0.2) is 54.9 Å². The molecule has 0 atom stereocenters. The molecule has 2 aromatic carbocycles. The van der Waals surface area contributed by atoms with Crippen molar-refractivity contribution in [1.82, 2.24) is 14.8 Å². The molecular formula is C22H17ClFN3O2. The van der Waals surface area contributed by atoms with E-state index in [0.717, 1.165) is 28.1 Å². The Kier molecular flexibility index (Phi) is 5.03. The van der Waals surface area contributed by atoms with E-state index in [-0.39, 0.29) is 5.56 Å². The first kappa shape index (κ1) is 19.1. The van der Waals surface area contributed by atoms with Crippen molar-refractivity contribution >= 4 is 28.5 Å². The molecule has 0 fully saturated rings. The van der Waals surface area contributed by atoms with E-state index in [1.54, 1.807) is 23.1 Å². The van der Waals surface area contributed by atoms with Gasteiger partial charge in [0.25, 0.3) is 0 Å². The summed E-state index contributed by atoms with van der Waals surface area (Å²) >= 11 is 6.38. The van der Waals surface area contributed by atoms with Crippen LogP contribution in [0.1, 0.15) is 21.5 Å². The number of ether oxygens (including phenoxy) is 1. The van der Waals surface area contributed by atoms with Crippen molar-refractivity contribution in [1.29, 1.82) is 0 Å². The molecule has 2 aromatic heterocycles. The highest BCUT2D eigenvalue weighted by Gasteiger charge is 2.18. The van der Waals surface area contributed by atoms with Crippen LogP contribution in [0.5, 0.6) is 0 Å². The molecule has 0 amide bonds. The summed E-state index contributed by atoms with van der Waals surface area (Å²) in [5.74, 6) is -1.14. The highest BCUT2D eigenvalue weighted by atomic mass is 35.5. The second kappa shape index (κ2) is 7.64. The molecule has 0 aliphatic heterocycles. The Labute approximate surface area is 171 Å². The molecule has 0 N–H and O–H groups in total. The van der Waals surface area contributed by atoms with Gasteiger partial charge in [-0.2, -0.15) is 5.10 Å². The summed E-state index contributed by atoms with van der Waals surface area (Å²) in [5.41, 5.74) is 3.66. The van der Waals surface area contributed by atoms with E-state index >= 15 is 0 Å². The van der Waals surface area contributed by atoms with Crippen LogP contribution in [0.2, 0.25) is 5.02 Å². The van der Waals surface area contributed by atoms with Gasteiger partial charge >= 0.3 is 5.97 Å². The Morgan fingerprint density at radius 2 is 2.07 bits per heavy atom. The van der Waals surface area contributed by atoms with Crippen LogP contribution in [0, 0.1) is 12.7 Å². The number of benzene rings is 2. The van der Waals surface area contributed by atoms with Gasteiger partial charge in [-0.1, -0.05) is 23.7 Å². The molecule has 146 valence electrons. The van der Waals surface area contributed by atoms with E-state index in [4.69, 9.17) is 11.6 Å². The summed E-state index contributed by atoms with van der Waals surface area (Å²) in [5, 5.41) is 6.06. The normalized spacial score (nSPS) is 11.0. The zero-order valence-corrected chi connectivity index (χ0v) is 16.6. The summed E-state index contributed by atoms with van der Waals surface area (Å²) in [6.45, 7) is 2.41. The van der Waals surface area contributed by atoms with E-state index in [9.17, 15) is 9.18 Å². The zero-order valence-electron chi connectivity index (χ0n) is 15.8. The SMILES string of the molecule is COC(=O)c1ccc(-c2nn(Cc3c(C)cccc3Cl)c3cnccc23)c(F)c1. The second-order valence-corrected chi connectivity index (χ2v) is 7.03. The minimum absolute atomic E-state index is 0.144. The number of aryl methyl sites for hydroxylation is 1. The number of methoxy groups -OCH3 is 1. The number of pyridine rings is 1. The number of carbonyl (C=O) groups excluding carboxylic acids is 1. The molecule has 5 nitrogen and oxygen atoms in total. The molecule has 0 spiro atoms. The van der Waals surface area contributed by atoms with Crippen LogP contribution >= 0.6 is 11.6 Å². The number of hydrogen-bond acceptors (Lipinski definition) is 4. The van der Waals surface area contributed by atoms with E-state index in [1.807, 2.05) is 25.1 Å². The molecule has 0 aliphatic rings. The summed E-state index contributed by atoms with van der Waals surface area (Å²) in [6.07, 6.45) is 3.33. The molecule has 7 heteroatoms. The quantitative estimate of drug-likeness (QED) is 0.443. The molecule has 29 heavy (non-hydrogen) atoms. The molecule has 0 bridgehead atoms. The van der Waals surface area contributed by atoms with Gasteiger partial charge in [0.05, 0.1) is 30.9 Å². The summed E-state index contributed by atoms with van der Waals surface area (Å²) in [4.78, 5) is 15.9. The summed E-state index contributed by atoms with van der Waals surface area (Å²) in [7, 11) is 1.26. The molecule has 0 saturated carbocycles. The predicted octanol–water partition coefficient (Wildman–Crippen LogP) is 5.03. The predicted molar refractivity (Wildman–Crippen MR) is 110 cm³/mol. The lowest BCUT2D eigenvalue weighted by atomic mass is 10.1. The van der Waals surface area contributed by atoms with Crippen LogP contribution in [0.4, 0.5) is 4.39 Å². The fourth-order valence-electron chi connectivity index (χ4n) is 3.31. The first-order valence-corrected chi connectivity index (χ1v) is 9.30. The maximum absolute atomic E-state index is 14.8.